The highest BCUT2D eigenvalue weighted by Gasteiger charge is 2.26. The van der Waals surface area contributed by atoms with Gasteiger partial charge in [0.2, 0.25) is 0 Å². The van der Waals surface area contributed by atoms with Crippen molar-refractivity contribution in [3.63, 3.8) is 0 Å². The van der Waals surface area contributed by atoms with Crippen LogP contribution >= 0.6 is 0 Å². The van der Waals surface area contributed by atoms with Crippen LogP contribution in [0.4, 0.5) is 0 Å². The molecular weight excluding hydrogens is 228 g/mol. The first kappa shape index (κ1) is 14.3. The second-order valence-electron chi connectivity index (χ2n) is 5.41. The molecule has 106 valence electrons. The Bertz CT molecular complexity index is 222. The van der Waals surface area contributed by atoms with Crippen LogP contribution in [0.1, 0.15) is 32.6 Å². The average molecular weight is 256 g/mol. The lowest BCUT2D eigenvalue weighted by Gasteiger charge is -2.35. The van der Waals surface area contributed by atoms with Gasteiger partial charge in [-0.25, -0.2) is 0 Å². The van der Waals surface area contributed by atoms with Gasteiger partial charge < -0.3 is 14.8 Å². The van der Waals surface area contributed by atoms with Crippen LogP contribution in [-0.4, -0.2) is 63.0 Å². The minimum absolute atomic E-state index is 0.536. The molecule has 1 saturated carbocycles. The maximum Gasteiger partial charge on any atom is 0.0634 e. The van der Waals surface area contributed by atoms with Crippen molar-refractivity contribution in [2.24, 2.45) is 0 Å². The first-order valence-electron chi connectivity index (χ1n) is 7.53. The Kier molecular flexibility index (Phi) is 6.41. The van der Waals surface area contributed by atoms with Crippen molar-refractivity contribution >= 4 is 0 Å². The Morgan fingerprint density at radius 2 is 2.22 bits per heavy atom. The molecule has 2 fully saturated rings. The standard InChI is InChI=1S/C14H28N2O2/c1-2-3-8-17-9-6-16-7-10-18-12-14(16)11-15-13-4-5-13/h13-15H,2-12H2,1H3. The van der Waals surface area contributed by atoms with E-state index >= 15 is 0 Å². The van der Waals surface area contributed by atoms with Gasteiger partial charge in [0, 0.05) is 38.3 Å². The molecule has 0 aromatic heterocycles. The summed E-state index contributed by atoms with van der Waals surface area (Å²) in [6.45, 7) is 8.87. The summed E-state index contributed by atoms with van der Waals surface area (Å²) in [6.07, 6.45) is 5.10. The Labute approximate surface area is 111 Å². The van der Waals surface area contributed by atoms with E-state index < -0.39 is 0 Å². The molecule has 1 atom stereocenters. The molecule has 18 heavy (non-hydrogen) atoms. The van der Waals surface area contributed by atoms with Gasteiger partial charge >= 0.3 is 0 Å². The number of nitrogens with zero attached hydrogens (tertiary/aromatic N) is 1. The topological polar surface area (TPSA) is 33.7 Å². The van der Waals surface area contributed by atoms with E-state index in [9.17, 15) is 0 Å². The highest BCUT2D eigenvalue weighted by atomic mass is 16.5. The zero-order valence-corrected chi connectivity index (χ0v) is 11.7. The lowest BCUT2D eigenvalue weighted by atomic mass is 10.2. The van der Waals surface area contributed by atoms with E-state index in [0.717, 1.165) is 52.1 Å². The summed E-state index contributed by atoms with van der Waals surface area (Å²) in [5.41, 5.74) is 0. The first-order chi connectivity index (χ1) is 8.90. The summed E-state index contributed by atoms with van der Waals surface area (Å²) in [7, 11) is 0. The number of hydrogen-bond donors (Lipinski definition) is 1. The molecule has 0 bridgehead atoms. The largest absolute Gasteiger partial charge is 0.380 e. The van der Waals surface area contributed by atoms with Gasteiger partial charge in [0.25, 0.3) is 0 Å². The van der Waals surface area contributed by atoms with Gasteiger partial charge in [0.15, 0.2) is 0 Å². The van der Waals surface area contributed by atoms with Crippen LogP contribution in [-0.2, 0) is 9.47 Å². The van der Waals surface area contributed by atoms with Crippen molar-refractivity contribution in [2.75, 3.05) is 46.1 Å². The highest BCUT2D eigenvalue weighted by molar-refractivity contribution is 4.85. The summed E-state index contributed by atoms with van der Waals surface area (Å²) in [6, 6.07) is 1.32. The summed E-state index contributed by atoms with van der Waals surface area (Å²) in [4.78, 5) is 2.52. The Hall–Kier alpha value is -0.160. The van der Waals surface area contributed by atoms with E-state index in [1.807, 2.05) is 0 Å². The second-order valence-corrected chi connectivity index (χ2v) is 5.41. The van der Waals surface area contributed by atoms with Crippen LogP contribution < -0.4 is 5.32 Å². The van der Waals surface area contributed by atoms with Crippen molar-refractivity contribution in [1.29, 1.82) is 0 Å². The maximum absolute atomic E-state index is 5.66. The third-order valence-electron chi connectivity index (χ3n) is 3.73. The van der Waals surface area contributed by atoms with Gasteiger partial charge in [-0.1, -0.05) is 13.3 Å². The maximum atomic E-state index is 5.66. The van der Waals surface area contributed by atoms with Gasteiger partial charge in [0.05, 0.1) is 19.8 Å². The van der Waals surface area contributed by atoms with Gasteiger partial charge in [-0.05, 0) is 19.3 Å². The van der Waals surface area contributed by atoms with Gasteiger partial charge in [-0.2, -0.15) is 0 Å². The molecule has 2 rings (SSSR count). The quantitative estimate of drug-likeness (QED) is 0.630. The zero-order chi connectivity index (χ0) is 12.6. The Balaban J connectivity index is 1.59. The van der Waals surface area contributed by atoms with Gasteiger partial charge in [0.1, 0.15) is 0 Å². The molecule has 4 heteroatoms. The van der Waals surface area contributed by atoms with Crippen molar-refractivity contribution in [2.45, 2.75) is 44.7 Å². The van der Waals surface area contributed by atoms with E-state index in [4.69, 9.17) is 9.47 Å². The fourth-order valence-electron chi connectivity index (χ4n) is 2.29. The van der Waals surface area contributed by atoms with Gasteiger partial charge in [-0.15, -0.1) is 0 Å². The molecule has 0 spiro atoms. The van der Waals surface area contributed by atoms with Crippen molar-refractivity contribution < 1.29 is 9.47 Å². The molecule has 0 amide bonds. The normalized spacial score (nSPS) is 25.5. The summed E-state index contributed by atoms with van der Waals surface area (Å²) < 4.78 is 11.2. The number of nitrogens with one attached hydrogen (secondary N) is 1. The van der Waals surface area contributed by atoms with E-state index in [-0.39, 0.29) is 0 Å². The van der Waals surface area contributed by atoms with E-state index in [1.54, 1.807) is 0 Å². The molecular formula is C14H28N2O2. The van der Waals surface area contributed by atoms with E-state index in [2.05, 4.69) is 17.1 Å². The zero-order valence-electron chi connectivity index (χ0n) is 11.7. The lowest BCUT2D eigenvalue weighted by Crippen LogP contribution is -2.51. The number of morpholine rings is 1. The molecule has 0 radical (unpaired) electrons. The van der Waals surface area contributed by atoms with E-state index in [1.165, 1.54) is 25.7 Å². The first-order valence-corrected chi connectivity index (χ1v) is 7.53. The predicted molar refractivity (Wildman–Crippen MR) is 72.9 cm³/mol. The predicted octanol–water partition coefficient (Wildman–Crippen LogP) is 1.26. The van der Waals surface area contributed by atoms with Crippen molar-refractivity contribution in [3.05, 3.63) is 0 Å². The third kappa shape index (κ3) is 5.22. The molecule has 0 aromatic rings. The summed E-state index contributed by atoms with van der Waals surface area (Å²) in [5.74, 6) is 0. The van der Waals surface area contributed by atoms with Crippen LogP contribution in [0.25, 0.3) is 0 Å². The van der Waals surface area contributed by atoms with Crippen LogP contribution in [0.5, 0.6) is 0 Å². The highest BCUT2D eigenvalue weighted by Crippen LogP contribution is 2.19. The molecule has 1 N–H and O–H groups in total. The SMILES string of the molecule is CCCCOCCN1CCOCC1CNC1CC1. The molecule has 1 aliphatic heterocycles. The van der Waals surface area contributed by atoms with E-state index in [0.29, 0.717) is 6.04 Å². The molecule has 1 unspecified atom stereocenters. The van der Waals surface area contributed by atoms with Crippen molar-refractivity contribution in [3.8, 4) is 0 Å². The molecule has 1 aliphatic carbocycles. The minimum atomic E-state index is 0.536. The number of ether oxygens (including phenoxy) is 2. The number of hydrogen-bond acceptors (Lipinski definition) is 4. The van der Waals surface area contributed by atoms with Gasteiger partial charge in [-0.3, -0.25) is 4.90 Å². The third-order valence-corrected chi connectivity index (χ3v) is 3.73. The molecule has 0 aromatic carbocycles. The van der Waals surface area contributed by atoms with Crippen molar-refractivity contribution in [1.82, 2.24) is 10.2 Å². The summed E-state index contributed by atoms with van der Waals surface area (Å²) >= 11 is 0. The number of rotatable bonds is 9. The Morgan fingerprint density at radius 1 is 1.33 bits per heavy atom. The van der Waals surface area contributed by atoms with Crippen LogP contribution in [0.2, 0.25) is 0 Å². The summed E-state index contributed by atoms with van der Waals surface area (Å²) in [5, 5.41) is 3.60. The smallest absolute Gasteiger partial charge is 0.0634 e. The molecule has 4 nitrogen and oxygen atoms in total. The fraction of sp³-hybridized carbons (Fsp3) is 1.00. The molecule has 1 heterocycles. The fourth-order valence-corrected chi connectivity index (χ4v) is 2.29. The van der Waals surface area contributed by atoms with Crippen LogP contribution in [0.3, 0.4) is 0 Å². The lowest BCUT2D eigenvalue weighted by molar-refractivity contribution is -0.0198. The Morgan fingerprint density at radius 3 is 3.00 bits per heavy atom. The minimum Gasteiger partial charge on any atom is -0.380 e. The monoisotopic (exact) mass is 256 g/mol. The van der Waals surface area contributed by atoms with Crippen LogP contribution in [0, 0.1) is 0 Å². The van der Waals surface area contributed by atoms with Crippen LogP contribution in [0.15, 0.2) is 0 Å². The molecule has 1 saturated heterocycles. The average Bonchev–Trinajstić information content (AvgIpc) is 3.21. The second kappa shape index (κ2) is 8.10. The number of unbranched alkanes of at least 4 members (excludes halogenated alkanes) is 1. The molecule has 2 aliphatic rings.